The molecule has 2 aromatic rings. The highest BCUT2D eigenvalue weighted by Crippen LogP contribution is 2.36. The van der Waals surface area contributed by atoms with Gasteiger partial charge in [-0.3, -0.25) is 4.79 Å². The quantitative estimate of drug-likeness (QED) is 0.718. The number of benzene rings is 1. The van der Waals surface area contributed by atoms with Crippen molar-refractivity contribution in [2.45, 2.75) is 37.3 Å². The zero-order valence-corrected chi connectivity index (χ0v) is 17.5. The average molecular weight is 401 g/mol. The van der Waals surface area contributed by atoms with E-state index in [2.05, 4.69) is 15.1 Å². The van der Waals surface area contributed by atoms with E-state index < -0.39 is 0 Å². The number of nitrogens with zero attached hydrogens (tertiary/aromatic N) is 4. The summed E-state index contributed by atoms with van der Waals surface area (Å²) in [6, 6.07) is 7.77. The van der Waals surface area contributed by atoms with Crippen LogP contribution in [0.1, 0.15) is 32.1 Å². The fourth-order valence-corrected chi connectivity index (χ4v) is 5.36. The Morgan fingerprint density at radius 3 is 2.79 bits per heavy atom. The van der Waals surface area contributed by atoms with E-state index in [1.54, 1.807) is 7.11 Å². The SMILES string of the molecule is COc1ccccc1-c1nnc(SCC(=O)N2CC[C@H]3CCCC[C@@H]3C2)n1C. The second-order valence-corrected chi connectivity index (χ2v) is 8.73. The molecule has 1 amide bonds. The minimum atomic E-state index is 0.218. The van der Waals surface area contributed by atoms with Crippen molar-refractivity contribution in [3.8, 4) is 17.1 Å². The Labute approximate surface area is 170 Å². The molecular weight excluding hydrogens is 372 g/mol. The van der Waals surface area contributed by atoms with Crippen molar-refractivity contribution in [1.29, 1.82) is 0 Å². The Balaban J connectivity index is 1.39. The van der Waals surface area contributed by atoms with E-state index in [0.717, 1.165) is 41.3 Å². The first kappa shape index (κ1) is 19.3. The molecule has 2 heterocycles. The van der Waals surface area contributed by atoms with Crippen LogP contribution in [-0.2, 0) is 11.8 Å². The minimum absolute atomic E-state index is 0.218. The number of methoxy groups -OCH3 is 1. The second-order valence-electron chi connectivity index (χ2n) is 7.79. The minimum Gasteiger partial charge on any atom is -0.496 e. The molecule has 2 atom stereocenters. The number of hydrogen-bond acceptors (Lipinski definition) is 5. The number of rotatable bonds is 5. The maximum atomic E-state index is 12.8. The van der Waals surface area contributed by atoms with Crippen LogP contribution < -0.4 is 4.74 Å². The number of carbonyl (C=O) groups excluding carboxylic acids is 1. The van der Waals surface area contributed by atoms with Gasteiger partial charge in [0.2, 0.25) is 5.91 Å². The highest BCUT2D eigenvalue weighted by Gasteiger charge is 2.32. The fraction of sp³-hybridized carbons (Fsp3) is 0.571. The van der Waals surface area contributed by atoms with Gasteiger partial charge in [-0.15, -0.1) is 10.2 Å². The van der Waals surface area contributed by atoms with Gasteiger partial charge in [-0.25, -0.2) is 0 Å². The number of hydrogen-bond donors (Lipinski definition) is 0. The molecule has 0 N–H and O–H groups in total. The van der Waals surface area contributed by atoms with Gasteiger partial charge >= 0.3 is 0 Å². The number of amides is 1. The van der Waals surface area contributed by atoms with Crippen molar-refractivity contribution < 1.29 is 9.53 Å². The molecule has 0 bridgehead atoms. The molecule has 1 aromatic carbocycles. The number of carbonyl (C=O) groups is 1. The van der Waals surface area contributed by atoms with Crippen LogP contribution in [0.25, 0.3) is 11.4 Å². The molecule has 2 fully saturated rings. The van der Waals surface area contributed by atoms with Crippen molar-refractivity contribution in [2.24, 2.45) is 18.9 Å². The molecule has 0 unspecified atom stereocenters. The molecule has 6 nitrogen and oxygen atoms in total. The standard InChI is InChI=1S/C21H28N4O2S/c1-24-20(17-9-5-6-10-18(17)27-2)22-23-21(24)28-14-19(26)25-12-11-15-7-3-4-8-16(15)13-25/h5-6,9-10,15-16H,3-4,7-8,11-14H2,1-2H3/t15-,16-/m1/s1. The first-order valence-electron chi connectivity index (χ1n) is 10.1. The number of ether oxygens (including phenoxy) is 1. The van der Waals surface area contributed by atoms with Crippen molar-refractivity contribution >= 4 is 17.7 Å². The van der Waals surface area contributed by atoms with Gasteiger partial charge in [0.05, 0.1) is 18.4 Å². The summed E-state index contributed by atoms with van der Waals surface area (Å²) in [6.45, 7) is 1.85. The summed E-state index contributed by atoms with van der Waals surface area (Å²) in [7, 11) is 3.58. The van der Waals surface area contributed by atoms with E-state index in [0.29, 0.717) is 11.7 Å². The largest absolute Gasteiger partial charge is 0.496 e. The number of thioether (sulfide) groups is 1. The van der Waals surface area contributed by atoms with Gasteiger partial charge in [0.15, 0.2) is 11.0 Å². The lowest BCUT2D eigenvalue weighted by Crippen LogP contribution is -2.45. The predicted octanol–water partition coefficient (Wildman–Crippen LogP) is 3.62. The van der Waals surface area contributed by atoms with Gasteiger partial charge in [0.25, 0.3) is 0 Å². The van der Waals surface area contributed by atoms with Crippen LogP contribution in [-0.4, -0.2) is 51.5 Å². The molecule has 150 valence electrons. The van der Waals surface area contributed by atoms with Crippen LogP contribution in [0.15, 0.2) is 29.4 Å². The monoisotopic (exact) mass is 400 g/mol. The Bertz CT molecular complexity index is 838. The van der Waals surface area contributed by atoms with E-state index in [9.17, 15) is 4.79 Å². The predicted molar refractivity (Wildman–Crippen MR) is 110 cm³/mol. The van der Waals surface area contributed by atoms with Crippen LogP contribution in [0, 0.1) is 11.8 Å². The maximum absolute atomic E-state index is 12.8. The average Bonchev–Trinajstić information content (AvgIpc) is 3.11. The molecule has 1 saturated carbocycles. The van der Waals surface area contributed by atoms with Crippen LogP contribution in [0.2, 0.25) is 0 Å². The summed E-state index contributed by atoms with van der Waals surface area (Å²) >= 11 is 1.46. The van der Waals surface area contributed by atoms with Gasteiger partial charge < -0.3 is 14.2 Å². The number of piperidine rings is 1. The maximum Gasteiger partial charge on any atom is 0.233 e. The lowest BCUT2D eigenvalue weighted by atomic mass is 9.75. The molecule has 1 saturated heterocycles. The Morgan fingerprint density at radius 2 is 1.96 bits per heavy atom. The summed E-state index contributed by atoms with van der Waals surface area (Å²) in [6.07, 6.45) is 6.50. The fourth-order valence-electron chi connectivity index (χ4n) is 4.55. The summed E-state index contributed by atoms with van der Waals surface area (Å²) in [5.41, 5.74) is 0.901. The van der Waals surface area contributed by atoms with Crippen LogP contribution in [0.3, 0.4) is 0 Å². The Hall–Kier alpha value is -2.02. The Kier molecular flexibility index (Phi) is 5.90. The van der Waals surface area contributed by atoms with Gasteiger partial charge in [-0.05, 0) is 36.8 Å². The van der Waals surface area contributed by atoms with Crippen LogP contribution in [0.5, 0.6) is 5.75 Å². The summed E-state index contributed by atoms with van der Waals surface area (Å²) in [5, 5.41) is 9.38. The molecular formula is C21H28N4O2S. The highest BCUT2D eigenvalue weighted by molar-refractivity contribution is 7.99. The zero-order chi connectivity index (χ0) is 19.5. The molecule has 0 radical (unpaired) electrons. The normalized spacial score (nSPS) is 22.0. The van der Waals surface area contributed by atoms with Gasteiger partial charge in [-0.2, -0.15) is 0 Å². The van der Waals surface area contributed by atoms with E-state index in [-0.39, 0.29) is 5.91 Å². The number of para-hydroxylation sites is 1. The van der Waals surface area contributed by atoms with Gasteiger partial charge in [0, 0.05) is 20.1 Å². The van der Waals surface area contributed by atoms with Crippen molar-refractivity contribution in [1.82, 2.24) is 19.7 Å². The van der Waals surface area contributed by atoms with Gasteiger partial charge in [0.1, 0.15) is 5.75 Å². The topological polar surface area (TPSA) is 60.3 Å². The van der Waals surface area contributed by atoms with Crippen LogP contribution in [0.4, 0.5) is 0 Å². The van der Waals surface area contributed by atoms with Crippen LogP contribution >= 0.6 is 11.8 Å². The molecule has 7 heteroatoms. The second kappa shape index (κ2) is 8.55. The molecule has 28 heavy (non-hydrogen) atoms. The summed E-state index contributed by atoms with van der Waals surface area (Å²) < 4.78 is 7.37. The summed E-state index contributed by atoms with van der Waals surface area (Å²) in [5.74, 6) is 3.69. The Morgan fingerprint density at radius 1 is 1.18 bits per heavy atom. The third-order valence-corrected chi connectivity index (χ3v) is 7.16. The number of likely N-dealkylation sites (tertiary alicyclic amines) is 1. The van der Waals surface area contributed by atoms with E-state index >= 15 is 0 Å². The lowest BCUT2D eigenvalue weighted by molar-refractivity contribution is -0.131. The smallest absolute Gasteiger partial charge is 0.233 e. The molecule has 1 aliphatic carbocycles. The highest BCUT2D eigenvalue weighted by atomic mass is 32.2. The third kappa shape index (κ3) is 3.90. The third-order valence-electron chi connectivity index (χ3n) is 6.15. The zero-order valence-electron chi connectivity index (χ0n) is 16.6. The lowest BCUT2D eigenvalue weighted by Gasteiger charge is -2.41. The molecule has 1 aromatic heterocycles. The molecule has 0 spiro atoms. The first-order valence-corrected chi connectivity index (χ1v) is 11.1. The molecule has 1 aliphatic heterocycles. The van der Waals surface area contributed by atoms with E-state index in [1.807, 2.05) is 35.9 Å². The van der Waals surface area contributed by atoms with E-state index in [1.165, 1.54) is 43.9 Å². The number of aromatic nitrogens is 3. The molecule has 2 aliphatic rings. The van der Waals surface area contributed by atoms with Crippen molar-refractivity contribution in [2.75, 3.05) is 26.0 Å². The molecule has 4 rings (SSSR count). The van der Waals surface area contributed by atoms with Gasteiger partial charge in [-0.1, -0.05) is 43.2 Å². The first-order chi connectivity index (χ1) is 13.7. The number of fused-ring (bicyclic) bond motifs is 1. The van der Waals surface area contributed by atoms with Crippen molar-refractivity contribution in [3.05, 3.63) is 24.3 Å². The van der Waals surface area contributed by atoms with Crippen molar-refractivity contribution in [3.63, 3.8) is 0 Å². The summed E-state index contributed by atoms with van der Waals surface area (Å²) in [4.78, 5) is 14.8. The van der Waals surface area contributed by atoms with E-state index in [4.69, 9.17) is 4.74 Å².